The highest BCUT2D eigenvalue weighted by Gasteiger charge is 2.31. The van der Waals surface area contributed by atoms with Crippen LogP contribution in [-0.2, 0) is 4.79 Å². The van der Waals surface area contributed by atoms with Crippen molar-refractivity contribution in [3.8, 4) is 0 Å². The summed E-state index contributed by atoms with van der Waals surface area (Å²) in [5.41, 5.74) is 0.0488. The molecular formula is C10H19NOS. The summed E-state index contributed by atoms with van der Waals surface area (Å²) < 4.78 is 0. The van der Waals surface area contributed by atoms with E-state index >= 15 is 0 Å². The molecule has 2 nitrogen and oxygen atoms in total. The van der Waals surface area contributed by atoms with Gasteiger partial charge in [-0.15, -0.1) is 0 Å². The van der Waals surface area contributed by atoms with E-state index < -0.39 is 0 Å². The molecule has 0 aromatic carbocycles. The second kappa shape index (κ2) is 4.36. The number of amides is 1. The number of carbonyl (C=O) groups excluding carboxylic acids is 1. The molecule has 1 amide bonds. The third kappa shape index (κ3) is 2.90. The Labute approximate surface area is 85.9 Å². The van der Waals surface area contributed by atoms with Crippen molar-refractivity contribution >= 4 is 18.5 Å². The van der Waals surface area contributed by atoms with Gasteiger partial charge in [-0.05, 0) is 26.2 Å². The van der Waals surface area contributed by atoms with Crippen molar-refractivity contribution in [3.63, 3.8) is 0 Å². The Kier molecular flexibility index (Phi) is 3.65. The normalized spacial score (nSPS) is 22.7. The molecular weight excluding hydrogens is 182 g/mol. The monoisotopic (exact) mass is 201 g/mol. The summed E-state index contributed by atoms with van der Waals surface area (Å²) in [5.74, 6) is 0.0928. The minimum Gasteiger partial charge on any atom is -0.350 e. The highest BCUT2D eigenvalue weighted by atomic mass is 32.1. The molecule has 0 heterocycles. The van der Waals surface area contributed by atoms with E-state index in [1.165, 1.54) is 12.8 Å². The van der Waals surface area contributed by atoms with Gasteiger partial charge in [-0.3, -0.25) is 4.79 Å². The van der Waals surface area contributed by atoms with E-state index in [0.717, 1.165) is 19.3 Å². The zero-order chi connectivity index (χ0) is 9.90. The molecule has 1 unspecified atom stereocenters. The van der Waals surface area contributed by atoms with Crippen LogP contribution in [-0.4, -0.2) is 16.7 Å². The molecule has 0 bridgehead atoms. The molecule has 1 N–H and O–H groups in total. The molecule has 1 aliphatic rings. The molecule has 0 radical (unpaired) electrons. The van der Waals surface area contributed by atoms with Crippen LogP contribution in [0.2, 0.25) is 0 Å². The van der Waals surface area contributed by atoms with E-state index in [0.29, 0.717) is 0 Å². The maximum atomic E-state index is 11.5. The van der Waals surface area contributed by atoms with Gasteiger partial charge in [0.1, 0.15) is 0 Å². The fourth-order valence-corrected chi connectivity index (χ4v) is 1.91. The average Bonchev–Trinajstić information content (AvgIpc) is 2.50. The van der Waals surface area contributed by atoms with Crippen LogP contribution in [0.4, 0.5) is 0 Å². The van der Waals surface area contributed by atoms with E-state index in [4.69, 9.17) is 0 Å². The molecule has 76 valence electrons. The van der Waals surface area contributed by atoms with Crippen LogP contribution in [0.15, 0.2) is 0 Å². The third-order valence-corrected chi connectivity index (χ3v) is 3.42. The van der Waals surface area contributed by atoms with Crippen molar-refractivity contribution in [2.45, 2.75) is 56.7 Å². The number of nitrogens with one attached hydrogen (secondary N) is 1. The summed E-state index contributed by atoms with van der Waals surface area (Å²) in [4.78, 5) is 11.5. The van der Waals surface area contributed by atoms with Gasteiger partial charge in [-0.2, -0.15) is 12.6 Å². The van der Waals surface area contributed by atoms with Crippen LogP contribution < -0.4 is 5.32 Å². The fraction of sp³-hybridized carbons (Fsp3) is 0.900. The van der Waals surface area contributed by atoms with E-state index in [9.17, 15) is 4.79 Å². The molecule has 3 heteroatoms. The zero-order valence-corrected chi connectivity index (χ0v) is 9.36. The molecule has 1 atom stereocenters. The van der Waals surface area contributed by atoms with Gasteiger partial charge < -0.3 is 5.32 Å². The zero-order valence-electron chi connectivity index (χ0n) is 8.47. The standard InChI is InChI=1S/C10H19NOS/c1-3-8(13)9(12)11-10(2)6-4-5-7-10/h8,13H,3-7H2,1-2H3,(H,11,12). The Bertz CT molecular complexity index is 187. The molecule has 0 saturated heterocycles. The smallest absolute Gasteiger partial charge is 0.233 e. The molecule has 1 rings (SSSR count). The molecule has 0 aliphatic heterocycles. The first-order chi connectivity index (χ1) is 6.07. The summed E-state index contributed by atoms with van der Waals surface area (Å²) in [6.45, 7) is 4.11. The van der Waals surface area contributed by atoms with Gasteiger partial charge in [0.2, 0.25) is 5.91 Å². The molecule has 1 fully saturated rings. The summed E-state index contributed by atoms with van der Waals surface area (Å²) in [6.07, 6.45) is 5.50. The largest absolute Gasteiger partial charge is 0.350 e. The van der Waals surface area contributed by atoms with Crippen molar-refractivity contribution in [2.24, 2.45) is 0 Å². The lowest BCUT2D eigenvalue weighted by Gasteiger charge is -2.26. The van der Waals surface area contributed by atoms with Crippen LogP contribution in [0.25, 0.3) is 0 Å². The summed E-state index contributed by atoms with van der Waals surface area (Å²) in [6, 6.07) is 0. The Hall–Kier alpha value is -0.180. The molecule has 13 heavy (non-hydrogen) atoms. The predicted molar refractivity (Wildman–Crippen MR) is 58.1 cm³/mol. The lowest BCUT2D eigenvalue weighted by atomic mass is 10.0. The fourth-order valence-electron chi connectivity index (χ4n) is 1.85. The molecule has 0 aromatic rings. The lowest BCUT2D eigenvalue weighted by molar-refractivity contribution is -0.122. The second-order valence-electron chi connectivity index (χ2n) is 4.18. The molecule has 0 aromatic heterocycles. The number of hydrogen-bond acceptors (Lipinski definition) is 2. The van der Waals surface area contributed by atoms with Crippen molar-refractivity contribution in [2.75, 3.05) is 0 Å². The van der Waals surface area contributed by atoms with E-state index in [2.05, 4.69) is 24.9 Å². The van der Waals surface area contributed by atoms with E-state index in [1.807, 2.05) is 6.92 Å². The van der Waals surface area contributed by atoms with E-state index in [1.54, 1.807) is 0 Å². The second-order valence-corrected chi connectivity index (χ2v) is 4.80. The van der Waals surface area contributed by atoms with Gasteiger partial charge in [0, 0.05) is 5.54 Å². The summed E-state index contributed by atoms with van der Waals surface area (Å²) >= 11 is 4.22. The van der Waals surface area contributed by atoms with Crippen LogP contribution >= 0.6 is 12.6 Å². The van der Waals surface area contributed by atoms with Gasteiger partial charge in [0.15, 0.2) is 0 Å². The van der Waals surface area contributed by atoms with Gasteiger partial charge >= 0.3 is 0 Å². The minimum atomic E-state index is -0.141. The van der Waals surface area contributed by atoms with Crippen LogP contribution in [0, 0.1) is 0 Å². The van der Waals surface area contributed by atoms with Gasteiger partial charge in [0.25, 0.3) is 0 Å². The van der Waals surface area contributed by atoms with Crippen LogP contribution in [0.1, 0.15) is 46.0 Å². The van der Waals surface area contributed by atoms with Gasteiger partial charge in [-0.25, -0.2) is 0 Å². The highest BCUT2D eigenvalue weighted by molar-refractivity contribution is 7.81. The van der Waals surface area contributed by atoms with Crippen molar-refractivity contribution in [1.29, 1.82) is 0 Å². The number of carbonyl (C=O) groups is 1. The van der Waals surface area contributed by atoms with Crippen molar-refractivity contribution in [3.05, 3.63) is 0 Å². The predicted octanol–water partition coefficient (Wildman–Crippen LogP) is 2.14. The molecule has 0 spiro atoms. The topological polar surface area (TPSA) is 29.1 Å². The van der Waals surface area contributed by atoms with Gasteiger partial charge in [-0.1, -0.05) is 19.8 Å². The van der Waals surface area contributed by atoms with E-state index in [-0.39, 0.29) is 16.7 Å². The molecule has 1 aliphatic carbocycles. The van der Waals surface area contributed by atoms with Gasteiger partial charge in [0.05, 0.1) is 5.25 Å². The first-order valence-corrected chi connectivity index (χ1v) is 5.59. The lowest BCUT2D eigenvalue weighted by Crippen LogP contribution is -2.46. The maximum Gasteiger partial charge on any atom is 0.233 e. The first-order valence-electron chi connectivity index (χ1n) is 5.07. The Balaban J connectivity index is 2.43. The highest BCUT2D eigenvalue weighted by Crippen LogP contribution is 2.29. The number of thiol groups is 1. The Morgan fingerprint density at radius 1 is 1.54 bits per heavy atom. The third-order valence-electron chi connectivity index (χ3n) is 2.82. The minimum absolute atomic E-state index is 0.0488. The average molecular weight is 201 g/mol. The number of rotatable bonds is 3. The maximum absolute atomic E-state index is 11.5. The Morgan fingerprint density at radius 2 is 2.08 bits per heavy atom. The quantitative estimate of drug-likeness (QED) is 0.673. The summed E-state index contributed by atoms with van der Waals surface area (Å²) in [5, 5.41) is 2.95. The van der Waals surface area contributed by atoms with Crippen LogP contribution in [0.3, 0.4) is 0 Å². The Morgan fingerprint density at radius 3 is 2.54 bits per heavy atom. The summed E-state index contributed by atoms with van der Waals surface area (Å²) in [7, 11) is 0. The van der Waals surface area contributed by atoms with Crippen LogP contribution in [0.5, 0.6) is 0 Å². The number of hydrogen-bond donors (Lipinski definition) is 2. The van der Waals surface area contributed by atoms with Crippen molar-refractivity contribution < 1.29 is 4.79 Å². The SMILES string of the molecule is CCC(S)C(=O)NC1(C)CCCC1. The molecule has 1 saturated carbocycles. The first kappa shape index (κ1) is 10.9. The van der Waals surface area contributed by atoms with Crippen molar-refractivity contribution in [1.82, 2.24) is 5.32 Å².